The number of carbonyl (C=O) groups is 2. The van der Waals surface area contributed by atoms with Crippen molar-refractivity contribution in [2.45, 2.75) is 65.7 Å². The van der Waals surface area contributed by atoms with Crippen LogP contribution in [0.1, 0.15) is 70.4 Å². The van der Waals surface area contributed by atoms with Gasteiger partial charge in [-0.1, -0.05) is 69.6 Å². The third-order valence-electron chi connectivity index (χ3n) is 9.34. The maximum Gasteiger partial charge on any atom is 0.318 e. The second-order valence-corrected chi connectivity index (χ2v) is 14.8. The monoisotopic (exact) mass is 669 g/mol. The highest BCUT2D eigenvalue weighted by Crippen LogP contribution is 2.56. The highest BCUT2D eigenvalue weighted by molar-refractivity contribution is 6.30. The second-order valence-electron chi connectivity index (χ2n) is 14.4. The lowest BCUT2D eigenvalue weighted by Gasteiger charge is -2.49. The lowest BCUT2D eigenvalue weighted by molar-refractivity contribution is -0.394. The summed E-state index contributed by atoms with van der Waals surface area (Å²) in [5.41, 5.74) is 2.63. The van der Waals surface area contributed by atoms with Crippen LogP contribution in [0.2, 0.25) is 5.02 Å². The molecular formula is C37H36ClN3O7. The van der Waals surface area contributed by atoms with Gasteiger partial charge in [-0.3, -0.25) is 29.8 Å². The molecule has 0 saturated carbocycles. The van der Waals surface area contributed by atoms with Gasteiger partial charge in [-0.15, -0.1) is 0 Å². The third-order valence-corrected chi connectivity index (χ3v) is 9.58. The number of nitro groups is 2. The topological polar surface area (TPSA) is 133 Å². The average Bonchev–Trinajstić information content (AvgIpc) is 3.00. The van der Waals surface area contributed by atoms with E-state index >= 15 is 0 Å². The summed E-state index contributed by atoms with van der Waals surface area (Å²) in [6.45, 7) is 8.86. The van der Waals surface area contributed by atoms with Gasteiger partial charge in [-0.25, -0.2) is 0 Å². The van der Waals surface area contributed by atoms with E-state index in [1.54, 1.807) is 18.2 Å². The average molecular weight is 670 g/mol. The van der Waals surface area contributed by atoms with Crippen molar-refractivity contribution >= 4 is 34.5 Å². The molecule has 11 heteroatoms. The van der Waals surface area contributed by atoms with Crippen LogP contribution in [-0.4, -0.2) is 32.9 Å². The van der Waals surface area contributed by atoms with E-state index in [0.717, 1.165) is 29.1 Å². The zero-order chi connectivity index (χ0) is 34.5. The number of ether oxygens (including phenoxy) is 1. The predicted molar refractivity (Wildman–Crippen MR) is 181 cm³/mol. The van der Waals surface area contributed by atoms with Gasteiger partial charge in [0.05, 0.1) is 15.9 Å². The van der Waals surface area contributed by atoms with Crippen LogP contribution < -0.4 is 4.74 Å². The summed E-state index contributed by atoms with van der Waals surface area (Å²) in [6.07, 6.45) is 2.48. The van der Waals surface area contributed by atoms with Crippen molar-refractivity contribution in [3.63, 3.8) is 0 Å². The number of carbonyl (C=O) groups excluding carboxylic acids is 2. The molecule has 2 aliphatic carbocycles. The molecule has 1 aliphatic heterocycles. The predicted octanol–water partition coefficient (Wildman–Crippen LogP) is 8.88. The van der Waals surface area contributed by atoms with E-state index in [2.05, 4.69) is 44.7 Å². The number of nitrogens with zero attached hydrogens (tertiary/aromatic N) is 3. The Labute approximate surface area is 283 Å². The normalized spacial score (nSPS) is 18.8. The fourth-order valence-electron chi connectivity index (χ4n) is 7.32. The first kappa shape index (κ1) is 33.1. The fraction of sp³-hybridized carbons (Fsp3) is 0.351. The minimum Gasteiger partial charge on any atom is -0.450 e. The molecule has 0 bridgehead atoms. The zero-order valence-electron chi connectivity index (χ0n) is 27.2. The first-order valence-corrected chi connectivity index (χ1v) is 16.3. The molecule has 0 aromatic heterocycles. The molecule has 0 saturated heterocycles. The molecule has 3 aromatic rings. The summed E-state index contributed by atoms with van der Waals surface area (Å²) in [5, 5.41) is 23.7. The minimum absolute atomic E-state index is 0.0765. The van der Waals surface area contributed by atoms with Crippen molar-refractivity contribution < 1.29 is 24.2 Å². The minimum atomic E-state index is -0.819. The SMILES string of the molecule is CC1(C)CC(=O)C2=C(C1)N(CCc1ccccc1)C1=C(C(=O)CC(C)(C)C1)C2c1cc(Cl)ccc1Oc1ccc([N+](=O)[O-])cc1[N+](=O)[O-]. The van der Waals surface area contributed by atoms with Crippen molar-refractivity contribution in [1.82, 2.24) is 4.90 Å². The molecule has 0 N–H and O–H groups in total. The summed E-state index contributed by atoms with van der Waals surface area (Å²) < 4.78 is 6.18. The highest BCUT2D eigenvalue weighted by Gasteiger charge is 2.49. The van der Waals surface area contributed by atoms with Crippen LogP contribution in [0.3, 0.4) is 0 Å². The molecule has 0 spiro atoms. The lowest BCUT2D eigenvalue weighted by Crippen LogP contribution is -2.45. The van der Waals surface area contributed by atoms with Gasteiger partial charge in [0.1, 0.15) is 5.75 Å². The molecule has 3 aliphatic rings. The Morgan fingerprint density at radius 3 is 1.94 bits per heavy atom. The maximum atomic E-state index is 14.3. The van der Waals surface area contributed by atoms with Crippen LogP contribution in [0.4, 0.5) is 11.4 Å². The summed E-state index contributed by atoms with van der Waals surface area (Å²) in [6, 6.07) is 18.0. The molecule has 0 radical (unpaired) electrons. The molecule has 3 aromatic carbocycles. The summed E-state index contributed by atoms with van der Waals surface area (Å²) in [7, 11) is 0. The molecule has 1 heterocycles. The van der Waals surface area contributed by atoms with E-state index in [9.17, 15) is 29.8 Å². The molecule has 0 amide bonds. The van der Waals surface area contributed by atoms with E-state index in [-0.39, 0.29) is 46.7 Å². The van der Waals surface area contributed by atoms with Gasteiger partial charge < -0.3 is 9.64 Å². The fourth-order valence-corrected chi connectivity index (χ4v) is 7.50. The van der Waals surface area contributed by atoms with Crippen molar-refractivity contribution in [3.8, 4) is 11.5 Å². The van der Waals surface area contributed by atoms with E-state index in [1.165, 1.54) is 6.07 Å². The van der Waals surface area contributed by atoms with Crippen LogP contribution in [0, 0.1) is 31.1 Å². The molecule has 0 fully saturated rings. The van der Waals surface area contributed by atoms with Gasteiger partial charge in [0, 0.05) is 64.5 Å². The number of hydrogen-bond donors (Lipinski definition) is 0. The van der Waals surface area contributed by atoms with Crippen LogP contribution in [-0.2, 0) is 16.0 Å². The number of hydrogen-bond acceptors (Lipinski definition) is 8. The highest BCUT2D eigenvalue weighted by atomic mass is 35.5. The van der Waals surface area contributed by atoms with Gasteiger partial charge in [-0.05, 0) is 59.9 Å². The summed E-state index contributed by atoms with van der Waals surface area (Å²) >= 11 is 6.59. The maximum absolute atomic E-state index is 14.3. The van der Waals surface area contributed by atoms with Gasteiger partial charge in [-0.2, -0.15) is 0 Å². The Balaban J connectivity index is 1.56. The van der Waals surface area contributed by atoms with E-state index in [0.29, 0.717) is 47.5 Å². The number of non-ortho nitro benzene ring substituents is 1. The Hall–Kier alpha value is -4.83. The van der Waals surface area contributed by atoms with Crippen molar-refractivity contribution in [3.05, 3.63) is 126 Å². The molecule has 6 rings (SSSR count). The molecule has 0 unspecified atom stereocenters. The third kappa shape index (κ3) is 6.36. The van der Waals surface area contributed by atoms with Gasteiger partial charge >= 0.3 is 5.69 Å². The van der Waals surface area contributed by atoms with Crippen LogP contribution >= 0.6 is 11.6 Å². The summed E-state index contributed by atoms with van der Waals surface area (Å²) in [4.78, 5) is 52.7. The van der Waals surface area contributed by atoms with Gasteiger partial charge in [0.15, 0.2) is 11.6 Å². The second kappa shape index (κ2) is 12.3. The van der Waals surface area contributed by atoms with E-state index in [1.807, 2.05) is 18.2 Å². The van der Waals surface area contributed by atoms with Crippen molar-refractivity contribution in [2.24, 2.45) is 10.8 Å². The zero-order valence-corrected chi connectivity index (χ0v) is 28.0. The van der Waals surface area contributed by atoms with Crippen molar-refractivity contribution in [1.29, 1.82) is 0 Å². The standard InChI is InChI=1S/C37H36ClN3O7/c1-36(2)18-27-34(29(42)20-36)33(35-28(19-37(3,4)21-30(35)43)39(27)15-14-22-8-6-5-7-9-22)25-16-23(38)10-12-31(25)48-32-13-11-24(40(44)45)17-26(32)41(46)47/h5-13,16-17,33H,14-15,18-21H2,1-4H3. The number of allylic oxidation sites excluding steroid dienone is 4. The Kier molecular flexibility index (Phi) is 8.49. The van der Waals surface area contributed by atoms with Crippen LogP contribution in [0.5, 0.6) is 11.5 Å². The van der Waals surface area contributed by atoms with Gasteiger partial charge in [0.2, 0.25) is 5.75 Å². The number of nitro benzene ring substituents is 2. The Morgan fingerprint density at radius 1 is 0.792 bits per heavy atom. The number of benzene rings is 3. The van der Waals surface area contributed by atoms with E-state index < -0.39 is 27.1 Å². The molecule has 48 heavy (non-hydrogen) atoms. The summed E-state index contributed by atoms with van der Waals surface area (Å²) in [5.74, 6) is -1.03. The molecule has 248 valence electrons. The largest absolute Gasteiger partial charge is 0.450 e. The number of Topliss-reactive ketones (excluding diaryl/α,β-unsaturated/α-hetero) is 2. The quantitative estimate of drug-likeness (QED) is 0.172. The van der Waals surface area contributed by atoms with Gasteiger partial charge in [0.25, 0.3) is 5.69 Å². The number of rotatable bonds is 8. The molecule has 0 atom stereocenters. The smallest absolute Gasteiger partial charge is 0.318 e. The number of ketones is 2. The lowest BCUT2D eigenvalue weighted by atomic mass is 9.63. The first-order chi connectivity index (χ1) is 22.6. The van der Waals surface area contributed by atoms with E-state index in [4.69, 9.17) is 16.3 Å². The number of halogens is 1. The van der Waals surface area contributed by atoms with Crippen LogP contribution in [0.15, 0.2) is 89.3 Å². The Bertz CT molecular complexity index is 1880. The van der Waals surface area contributed by atoms with Crippen molar-refractivity contribution in [2.75, 3.05) is 6.54 Å². The first-order valence-electron chi connectivity index (χ1n) is 15.9. The Morgan fingerprint density at radius 2 is 1.38 bits per heavy atom. The molecular weight excluding hydrogens is 634 g/mol. The molecule has 10 nitrogen and oxygen atoms in total. The van der Waals surface area contributed by atoms with Crippen LogP contribution in [0.25, 0.3) is 0 Å².